The maximum atomic E-state index is 12.5. The Labute approximate surface area is 158 Å². The van der Waals surface area contributed by atoms with Crippen LogP contribution in [0.15, 0.2) is 24.3 Å². The van der Waals surface area contributed by atoms with Crippen molar-refractivity contribution in [2.75, 3.05) is 42.9 Å². The topological polar surface area (TPSA) is 53.4 Å². The number of benzene rings is 1. The van der Waals surface area contributed by atoms with Crippen molar-refractivity contribution < 1.29 is 4.79 Å². The number of nitrogens with zero attached hydrogens (tertiary/aromatic N) is 4. The quantitative estimate of drug-likeness (QED) is 0.893. The van der Waals surface area contributed by atoms with Crippen molar-refractivity contribution >= 4 is 29.2 Å². The molecule has 1 aromatic heterocycles. The highest BCUT2D eigenvalue weighted by Crippen LogP contribution is 2.34. The second-order valence-electron chi connectivity index (χ2n) is 7.04. The van der Waals surface area contributed by atoms with E-state index in [-0.39, 0.29) is 5.91 Å². The number of aryl methyl sites for hydroxylation is 2. The fourth-order valence-corrected chi connectivity index (χ4v) is 4.70. The van der Waals surface area contributed by atoms with E-state index in [1.165, 1.54) is 16.8 Å². The van der Waals surface area contributed by atoms with E-state index >= 15 is 0 Å². The first-order valence-corrected chi connectivity index (χ1v) is 10.2. The Balaban J connectivity index is 1.31. The Hall–Kier alpha value is -1.99. The van der Waals surface area contributed by atoms with Crippen molar-refractivity contribution in [1.82, 2.24) is 14.7 Å². The highest BCUT2D eigenvalue weighted by atomic mass is 32.2. The summed E-state index contributed by atoms with van der Waals surface area (Å²) in [5, 5.41) is 7.58. The van der Waals surface area contributed by atoms with E-state index in [9.17, 15) is 4.79 Å². The van der Waals surface area contributed by atoms with E-state index < -0.39 is 0 Å². The highest BCUT2D eigenvalue weighted by molar-refractivity contribution is 7.98. The smallest absolute Gasteiger partial charge is 0.239 e. The number of aromatic nitrogens is 2. The molecule has 4 rings (SSSR count). The number of carbonyl (C=O) groups excluding carboxylic acids is 1. The second kappa shape index (κ2) is 7.32. The minimum Gasteiger partial charge on any atom is -0.369 e. The van der Waals surface area contributed by atoms with Gasteiger partial charge in [0.05, 0.1) is 12.2 Å². The molecular formula is C19H25N5OS. The molecule has 1 fully saturated rings. The summed E-state index contributed by atoms with van der Waals surface area (Å²) in [5.41, 5.74) is 4.86. The molecule has 0 spiro atoms. The number of hydrogen-bond acceptors (Lipinski definition) is 5. The average molecular weight is 372 g/mol. The van der Waals surface area contributed by atoms with E-state index in [4.69, 9.17) is 0 Å². The highest BCUT2D eigenvalue weighted by Gasteiger charge is 2.24. The fraction of sp³-hybridized carbons (Fsp3) is 0.474. The summed E-state index contributed by atoms with van der Waals surface area (Å²) < 4.78 is 1.80. The van der Waals surface area contributed by atoms with Gasteiger partial charge in [-0.25, -0.2) is 0 Å². The van der Waals surface area contributed by atoms with Crippen LogP contribution in [-0.4, -0.2) is 53.3 Å². The molecule has 6 nitrogen and oxygen atoms in total. The minimum absolute atomic E-state index is 0.0525. The van der Waals surface area contributed by atoms with Gasteiger partial charge in [0.2, 0.25) is 5.91 Å². The Kier molecular flexibility index (Phi) is 4.91. The van der Waals surface area contributed by atoms with Crippen LogP contribution >= 0.6 is 11.8 Å². The third-order valence-corrected chi connectivity index (χ3v) is 6.05. The third-order valence-electron chi connectivity index (χ3n) is 5.08. The van der Waals surface area contributed by atoms with Gasteiger partial charge in [-0.1, -0.05) is 12.1 Å². The van der Waals surface area contributed by atoms with Gasteiger partial charge < -0.3 is 10.2 Å². The molecule has 1 N–H and O–H groups in total. The van der Waals surface area contributed by atoms with Crippen LogP contribution in [0.25, 0.3) is 0 Å². The number of piperazine rings is 1. The van der Waals surface area contributed by atoms with Crippen LogP contribution in [0.3, 0.4) is 0 Å². The lowest BCUT2D eigenvalue weighted by Gasteiger charge is -2.35. The van der Waals surface area contributed by atoms with Crippen LogP contribution in [0.2, 0.25) is 0 Å². The van der Waals surface area contributed by atoms with Crippen LogP contribution in [0.5, 0.6) is 0 Å². The van der Waals surface area contributed by atoms with Crippen LogP contribution in [-0.2, 0) is 23.3 Å². The summed E-state index contributed by atoms with van der Waals surface area (Å²) in [6.07, 6.45) is 0. The molecule has 1 saturated heterocycles. The van der Waals surface area contributed by atoms with Crippen LogP contribution in [0.1, 0.15) is 16.8 Å². The Morgan fingerprint density at radius 3 is 2.81 bits per heavy atom. The molecule has 0 unspecified atom stereocenters. The summed E-state index contributed by atoms with van der Waals surface area (Å²) in [6.45, 7) is 6.27. The fourth-order valence-electron chi connectivity index (χ4n) is 3.66. The van der Waals surface area contributed by atoms with Crippen molar-refractivity contribution in [3.63, 3.8) is 0 Å². The molecule has 1 amide bonds. The first kappa shape index (κ1) is 17.4. The summed E-state index contributed by atoms with van der Waals surface area (Å²) in [5.74, 6) is 2.80. The number of hydrogen-bond donors (Lipinski definition) is 1. The van der Waals surface area contributed by atoms with Crippen molar-refractivity contribution in [1.29, 1.82) is 0 Å². The van der Waals surface area contributed by atoms with Gasteiger partial charge in [-0.05, 0) is 24.6 Å². The Morgan fingerprint density at radius 2 is 2.04 bits per heavy atom. The van der Waals surface area contributed by atoms with E-state index in [1.807, 2.05) is 18.8 Å². The first-order valence-electron chi connectivity index (χ1n) is 9.06. The molecule has 7 heteroatoms. The number of thioether (sulfide) groups is 1. The lowest BCUT2D eigenvalue weighted by atomic mass is 10.2. The molecule has 26 heavy (non-hydrogen) atoms. The van der Waals surface area contributed by atoms with Crippen molar-refractivity contribution in [3.8, 4) is 0 Å². The zero-order chi connectivity index (χ0) is 18.1. The molecule has 2 aliphatic heterocycles. The molecule has 0 aliphatic carbocycles. The molecule has 2 aliphatic rings. The van der Waals surface area contributed by atoms with E-state index in [1.54, 1.807) is 4.68 Å². The number of rotatable bonds is 4. The van der Waals surface area contributed by atoms with Crippen molar-refractivity contribution in [2.24, 2.45) is 7.05 Å². The van der Waals surface area contributed by atoms with Crippen molar-refractivity contribution in [3.05, 3.63) is 41.1 Å². The monoisotopic (exact) mass is 371 g/mol. The zero-order valence-electron chi connectivity index (χ0n) is 15.4. The normalized spacial score (nSPS) is 17.4. The zero-order valence-corrected chi connectivity index (χ0v) is 16.2. The predicted octanol–water partition coefficient (Wildman–Crippen LogP) is 2.24. The van der Waals surface area contributed by atoms with Gasteiger partial charge in [-0.15, -0.1) is 0 Å². The summed E-state index contributed by atoms with van der Waals surface area (Å²) in [6, 6.07) is 8.62. The molecule has 0 saturated carbocycles. The number of nitrogens with one attached hydrogen (secondary N) is 1. The third kappa shape index (κ3) is 3.59. The molecule has 2 aromatic rings. The summed E-state index contributed by atoms with van der Waals surface area (Å²) in [7, 11) is 1.90. The van der Waals surface area contributed by atoms with Crippen LogP contribution in [0.4, 0.5) is 11.5 Å². The Bertz CT molecular complexity index is 810. The number of anilines is 2. The minimum atomic E-state index is 0.0525. The van der Waals surface area contributed by atoms with Gasteiger partial charge in [0, 0.05) is 56.0 Å². The molecule has 0 atom stereocenters. The Morgan fingerprint density at radius 1 is 1.23 bits per heavy atom. The summed E-state index contributed by atoms with van der Waals surface area (Å²) in [4.78, 5) is 17.1. The van der Waals surface area contributed by atoms with E-state index in [2.05, 4.69) is 51.4 Å². The number of fused-ring (bicyclic) bond motifs is 1. The molecule has 1 aromatic carbocycles. The van der Waals surface area contributed by atoms with Gasteiger partial charge in [-0.3, -0.25) is 14.4 Å². The first-order chi connectivity index (χ1) is 12.6. The summed E-state index contributed by atoms with van der Waals surface area (Å²) >= 11 is 1.85. The maximum absolute atomic E-state index is 12.5. The van der Waals surface area contributed by atoms with E-state index in [0.717, 1.165) is 49.2 Å². The lowest BCUT2D eigenvalue weighted by Crippen LogP contribution is -2.48. The van der Waals surface area contributed by atoms with Crippen molar-refractivity contribution in [2.45, 2.75) is 18.4 Å². The van der Waals surface area contributed by atoms with Gasteiger partial charge >= 0.3 is 0 Å². The largest absolute Gasteiger partial charge is 0.369 e. The second-order valence-corrected chi connectivity index (χ2v) is 8.03. The van der Waals surface area contributed by atoms with Gasteiger partial charge in [0.25, 0.3) is 0 Å². The number of carbonyl (C=O) groups is 1. The van der Waals surface area contributed by atoms with E-state index in [0.29, 0.717) is 6.54 Å². The maximum Gasteiger partial charge on any atom is 0.239 e. The average Bonchev–Trinajstić information content (AvgIpc) is 3.18. The predicted molar refractivity (Wildman–Crippen MR) is 107 cm³/mol. The molecule has 0 radical (unpaired) electrons. The molecule has 0 bridgehead atoms. The molecule has 138 valence electrons. The number of amides is 1. The molecular weight excluding hydrogens is 346 g/mol. The standard InChI is InChI=1S/C19H25N5OS/c1-14-4-3-5-15(10-14)24-8-6-23(7-9-24)11-18(25)20-19-16-12-26-13-17(16)21-22(19)2/h3-5,10H,6-9,11-13H2,1-2H3,(H,20,25). The van der Waals surface area contributed by atoms with Gasteiger partial charge in [0.15, 0.2) is 0 Å². The van der Waals surface area contributed by atoms with Crippen LogP contribution in [0, 0.1) is 6.92 Å². The van der Waals surface area contributed by atoms with Gasteiger partial charge in [-0.2, -0.15) is 16.9 Å². The van der Waals surface area contributed by atoms with Crippen LogP contribution < -0.4 is 10.2 Å². The lowest BCUT2D eigenvalue weighted by molar-refractivity contribution is -0.117. The molecule has 3 heterocycles. The van der Waals surface area contributed by atoms with Gasteiger partial charge in [0.1, 0.15) is 5.82 Å². The SMILES string of the molecule is Cc1cccc(N2CCN(CC(=O)Nc3c4c(nn3C)CSC4)CC2)c1.